The van der Waals surface area contributed by atoms with Crippen LogP contribution in [0.4, 0.5) is 0 Å². The Balaban J connectivity index is 1.91. The second-order valence-corrected chi connectivity index (χ2v) is 5.84. The van der Waals surface area contributed by atoms with Gasteiger partial charge in [0.1, 0.15) is 0 Å². The fourth-order valence-corrected chi connectivity index (χ4v) is 2.81. The topological polar surface area (TPSA) is 106 Å². The van der Waals surface area contributed by atoms with E-state index in [1.165, 1.54) is 0 Å². The van der Waals surface area contributed by atoms with E-state index in [1.54, 1.807) is 12.0 Å². The molecule has 132 valence electrons. The maximum absolute atomic E-state index is 13.4. The van der Waals surface area contributed by atoms with Crippen LogP contribution < -0.4 is 0 Å². The average molecular weight is 344 g/mol. The van der Waals surface area contributed by atoms with Crippen LogP contribution in [-0.2, 0) is 26.5 Å². The SMILES string of the molecule is COCCN(Cc1nn[nH]n1)C(=O)C1(c2ccccc2)CC(C)=NO1. The van der Waals surface area contributed by atoms with Gasteiger partial charge in [-0.3, -0.25) is 4.79 Å². The van der Waals surface area contributed by atoms with Gasteiger partial charge in [-0.25, -0.2) is 0 Å². The van der Waals surface area contributed by atoms with Crippen molar-refractivity contribution in [2.24, 2.45) is 5.16 Å². The molecule has 0 saturated carbocycles. The molecule has 1 N–H and O–H groups in total. The molecule has 1 unspecified atom stereocenters. The van der Waals surface area contributed by atoms with Crippen LogP contribution in [0.2, 0.25) is 0 Å². The largest absolute Gasteiger partial charge is 0.383 e. The standard InChI is InChI=1S/C16H20N6O3/c1-12-10-16(25-19-12,13-6-4-3-5-7-13)15(23)22(8-9-24-2)11-14-17-20-21-18-14/h3-7H,8-11H2,1-2H3,(H,17,18,20,21). The van der Waals surface area contributed by atoms with Gasteiger partial charge in [0.15, 0.2) is 5.82 Å². The maximum atomic E-state index is 13.4. The average Bonchev–Trinajstić information content (AvgIpc) is 3.29. The lowest BCUT2D eigenvalue weighted by Crippen LogP contribution is -2.48. The van der Waals surface area contributed by atoms with Gasteiger partial charge in [-0.05, 0) is 6.92 Å². The van der Waals surface area contributed by atoms with E-state index in [2.05, 4.69) is 25.8 Å². The zero-order valence-corrected chi connectivity index (χ0v) is 14.2. The lowest BCUT2D eigenvalue weighted by Gasteiger charge is -2.32. The van der Waals surface area contributed by atoms with Gasteiger partial charge in [0.25, 0.3) is 5.91 Å². The van der Waals surface area contributed by atoms with E-state index in [0.717, 1.165) is 11.3 Å². The molecule has 9 nitrogen and oxygen atoms in total. The molecule has 0 fully saturated rings. The molecule has 25 heavy (non-hydrogen) atoms. The fraction of sp³-hybridized carbons (Fsp3) is 0.438. The lowest BCUT2D eigenvalue weighted by molar-refractivity contribution is -0.158. The molecule has 1 atom stereocenters. The number of ether oxygens (including phenoxy) is 1. The third-order valence-electron chi connectivity index (χ3n) is 4.02. The lowest BCUT2D eigenvalue weighted by atomic mass is 9.87. The number of aromatic nitrogens is 4. The third-order valence-corrected chi connectivity index (χ3v) is 4.02. The molecular weight excluding hydrogens is 324 g/mol. The normalized spacial score (nSPS) is 19.4. The Kier molecular flexibility index (Phi) is 5.03. The molecule has 0 saturated heterocycles. The molecule has 1 aromatic heterocycles. The van der Waals surface area contributed by atoms with Gasteiger partial charge in [-0.1, -0.05) is 40.7 Å². The van der Waals surface area contributed by atoms with E-state index < -0.39 is 5.60 Å². The number of nitrogens with zero attached hydrogens (tertiary/aromatic N) is 5. The molecule has 2 aromatic rings. The Morgan fingerprint density at radius 2 is 2.20 bits per heavy atom. The zero-order valence-electron chi connectivity index (χ0n) is 14.2. The quantitative estimate of drug-likeness (QED) is 0.799. The Bertz CT molecular complexity index is 734. The Labute approximate surface area is 145 Å². The fourth-order valence-electron chi connectivity index (χ4n) is 2.81. The van der Waals surface area contributed by atoms with Crippen molar-refractivity contribution >= 4 is 11.6 Å². The number of amides is 1. The smallest absolute Gasteiger partial charge is 0.275 e. The van der Waals surface area contributed by atoms with E-state index in [-0.39, 0.29) is 12.5 Å². The summed E-state index contributed by atoms with van der Waals surface area (Å²) < 4.78 is 5.14. The molecule has 0 aliphatic carbocycles. The number of nitrogens with one attached hydrogen (secondary N) is 1. The first-order valence-electron chi connectivity index (χ1n) is 7.93. The van der Waals surface area contributed by atoms with E-state index in [1.807, 2.05) is 37.3 Å². The van der Waals surface area contributed by atoms with Gasteiger partial charge in [0, 0.05) is 25.6 Å². The molecule has 3 rings (SSSR count). The van der Waals surface area contributed by atoms with E-state index in [0.29, 0.717) is 25.4 Å². The van der Waals surface area contributed by atoms with Crippen molar-refractivity contribution in [3.63, 3.8) is 0 Å². The van der Waals surface area contributed by atoms with Crippen LogP contribution in [-0.4, -0.2) is 57.4 Å². The Morgan fingerprint density at radius 3 is 2.80 bits per heavy atom. The highest BCUT2D eigenvalue weighted by Gasteiger charge is 2.49. The second kappa shape index (κ2) is 7.39. The molecule has 0 bridgehead atoms. The molecule has 1 aliphatic rings. The van der Waals surface area contributed by atoms with Crippen LogP contribution in [0, 0.1) is 0 Å². The minimum atomic E-state index is -1.18. The molecule has 1 aliphatic heterocycles. The van der Waals surface area contributed by atoms with Gasteiger partial charge in [-0.2, -0.15) is 5.21 Å². The molecule has 0 radical (unpaired) electrons. The van der Waals surface area contributed by atoms with Gasteiger partial charge in [0.05, 0.1) is 18.9 Å². The summed E-state index contributed by atoms with van der Waals surface area (Å²) in [4.78, 5) is 20.7. The molecule has 2 heterocycles. The maximum Gasteiger partial charge on any atom is 0.275 e. The van der Waals surface area contributed by atoms with Crippen molar-refractivity contribution < 1.29 is 14.4 Å². The van der Waals surface area contributed by atoms with Crippen molar-refractivity contribution in [1.82, 2.24) is 25.5 Å². The summed E-state index contributed by atoms with van der Waals surface area (Å²) in [7, 11) is 1.59. The highest BCUT2D eigenvalue weighted by atomic mass is 16.7. The summed E-state index contributed by atoms with van der Waals surface area (Å²) in [5.41, 5.74) is 0.350. The molecule has 0 spiro atoms. The number of rotatable bonds is 7. The van der Waals surface area contributed by atoms with E-state index in [4.69, 9.17) is 9.57 Å². The highest BCUT2D eigenvalue weighted by molar-refractivity contribution is 5.95. The van der Waals surface area contributed by atoms with Crippen LogP contribution in [0.25, 0.3) is 0 Å². The number of methoxy groups -OCH3 is 1. The van der Waals surface area contributed by atoms with Crippen LogP contribution in [0.5, 0.6) is 0 Å². The van der Waals surface area contributed by atoms with Crippen LogP contribution in [0.1, 0.15) is 24.7 Å². The van der Waals surface area contributed by atoms with Gasteiger partial charge in [0.2, 0.25) is 5.60 Å². The summed E-state index contributed by atoms with van der Waals surface area (Å²) >= 11 is 0. The first-order valence-corrected chi connectivity index (χ1v) is 7.93. The van der Waals surface area contributed by atoms with Crippen molar-refractivity contribution in [2.45, 2.75) is 25.5 Å². The predicted octanol–water partition coefficient (Wildman–Crippen LogP) is 0.866. The Morgan fingerprint density at radius 1 is 1.40 bits per heavy atom. The van der Waals surface area contributed by atoms with Gasteiger partial charge < -0.3 is 14.5 Å². The minimum absolute atomic E-state index is 0.204. The number of carbonyl (C=O) groups is 1. The number of tetrazole rings is 1. The zero-order chi connectivity index (χ0) is 17.7. The summed E-state index contributed by atoms with van der Waals surface area (Å²) in [6.45, 7) is 2.81. The van der Waals surface area contributed by atoms with Crippen LogP contribution in [0.15, 0.2) is 35.5 Å². The highest BCUT2D eigenvalue weighted by Crippen LogP contribution is 2.37. The first kappa shape index (κ1) is 17.0. The van der Waals surface area contributed by atoms with E-state index >= 15 is 0 Å². The number of benzene rings is 1. The van der Waals surface area contributed by atoms with Crippen LogP contribution in [0.3, 0.4) is 0 Å². The summed E-state index contributed by atoms with van der Waals surface area (Å²) in [5, 5.41) is 17.8. The molecule has 9 heteroatoms. The number of aromatic amines is 1. The molecule has 1 amide bonds. The Hall–Kier alpha value is -2.81. The summed E-state index contributed by atoms with van der Waals surface area (Å²) in [5.74, 6) is 0.212. The summed E-state index contributed by atoms with van der Waals surface area (Å²) in [6, 6.07) is 9.39. The monoisotopic (exact) mass is 344 g/mol. The molecular formula is C16H20N6O3. The van der Waals surface area contributed by atoms with E-state index in [9.17, 15) is 4.79 Å². The van der Waals surface area contributed by atoms with Gasteiger partial charge in [-0.15, -0.1) is 10.2 Å². The number of carbonyl (C=O) groups excluding carboxylic acids is 1. The van der Waals surface area contributed by atoms with Crippen molar-refractivity contribution in [3.8, 4) is 0 Å². The van der Waals surface area contributed by atoms with Crippen molar-refractivity contribution in [1.29, 1.82) is 0 Å². The van der Waals surface area contributed by atoms with Crippen LogP contribution >= 0.6 is 0 Å². The number of hydrogen-bond donors (Lipinski definition) is 1. The van der Waals surface area contributed by atoms with Crippen molar-refractivity contribution in [3.05, 3.63) is 41.7 Å². The second-order valence-electron chi connectivity index (χ2n) is 5.84. The number of hydrogen-bond acceptors (Lipinski definition) is 7. The van der Waals surface area contributed by atoms with Crippen molar-refractivity contribution in [2.75, 3.05) is 20.3 Å². The summed E-state index contributed by atoms with van der Waals surface area (Å²) in [6.07, 6.45) is 0.394. The number of H-pyrrole nitrogens is 1. The first-order chi connectivity index (χ1) is 12.2. The third kappa shape index (κ3) is 3.50. The minimum Gasteiger partial charge on any atom is -0.383 e. The van der Waals surface area contributed by atoms with Gasteiger partial charge >= 0.3 is 0 Å². The predicted molar refractivity (Wildman–Crippen MR) is 88.4 cm³/mol. The number of oxime groups is 1. The molecule has 1 aromatic carbocycles.